The zero-order chi connectivity index (χ0) is 31.4. The van der Waals surface area contributed by atoms with E-state index in [2.05, 4.69) is 44.2 Å². The van der Waals surface area contributed by atoms with Crippen LogP contribution in [-0.2, 0) is 26.3 Å². The molecular weight excluding hydrogens is 562 g/mol. The molecule has 0 bridgehead atoms. The minimum atomic E-state index is -1.07. The van der Waals surface area contributed by atoms with E-state index in [1.165, 1.54) is 19.3 Å². The van der Waals surface area contributed by atoms with Gasteiger partial charge >= 0.3 is 11.9 Å². The van der Waals surface area contributed by atoms with Crippen molar-refractivity contribution in [2.45, 2.75) is 96.5 Å². The lowest BCUT2D eigenvalue weighted by Gasteiger charge is -2.68. The summed E-state index contributed by atoms with van der Waals surface area (Å²) in [5.74, 6) is 1.68. The molecule has 8 unspecified atom stereocenters. The smallest absolute Gasteiger partial charge is 0.339 e. The van der Waals surface area contributed by atoms with Crippen molar-refractivity contribution in [2.75, 3.05) is 6.54 Å². The Labute approximate surface area is 267 Å². The molecule has 7 rings (SSSR count). The molecule has 1 spiro atoms. The third-order valence-electron chi connectivity index (χ3n) is 12.6. The molecular formula is C39H49NO5. The molecule has 4 aliphatic carbocycles. The number of cyclic esters (lactones) is 1. The summed E-state index contributed by atoms with van der Waals surface area (Å²) in [7, 11) is 0. The number of aliphatic hydroxyl groups excluding tert-OH is 1. The van der Waals surface area contributed by atoms with Gasteiger partial charge in [0.1, 0.15) is 11.2 Å². The molecule has 8 atom stereocenters. The zero-order valence-corrected chi connectivity index (χ0v) is 26.9. The molecule has 1 saturated heterocycles. The van der Waals surface area contributed by atoms with Crippen LogP contribution in [0.1, 0.15) is 106 Å². The zero-order valence-electron chi connectivity index (χ0n) is 26.9. The second-order valence-electron chi connectivity index (χ2n) is 14.6. The van der Waals surface area contributed by atoms with E-state index in [0.29, 0.717) is 60.8 Å². The van der Waals surface area contributed by atoms with Crippen molar-refractivity contribution in [1.82, 2.24) is 0 Å². The minimum Gasteiger partial charge on any atom is -0.509 e. The van der Waals surface area contributed by atoms with Gasteiger partial charge in [0.15, 0.2) is 11.4 Å². The van der Waals surface area contributed by atoms with Crippen molar-refractivity contribution in [1.29, 1.82) is 0 Å². The van der Waals surface area contributed by atoms with Crippen LogP contribution in [0.4, 0.5) is 0 Å². The first-order chi connectivity index (χ1) is 21.9. The first-order valence-electron chi connectivity index (χ1n) is 17.6. The lowest BCUT2D eigenvalue weighted by molar-refractivity contribution is -0.273. The quantitative estimate of drug-likeness (QED) is 0.158. The summed E-state index contributed by atoms with van der Waals surface area (Å²) >= 11 is 0. The van der Waals surface area contributed by atoms with Gasteiger partial charge in [-0.05, 0) is 93.6 Å². The molecule has 1 aromatic carbocycles. The summed E-state index contributed by atoms with van der Waals surface area (Å²) < 4.78 is 13.0. The van der Waals surface area contributed by atoms with Gasteiger partial charge in [0.25, 0.3) is 0 Å². The Hall–Kier alpha value is -3.12. The van der Waals surface area contributed by atoms with E-state index in [1.807, 2.05) is 24.3 Å². The molecule has 6 nitrogen and oxygen atoms in total. The van der Waals surface area contributed by atoms with Crippen molar-refractivity contribution in [2.24, 2.45) is 46.2 Å². The van der Waals surface area contributed by atoms with Gasteiger partial charge in [-0.1, -0.05) is 81.3 Å². The van der Waals surface area contributed by atoms with Gasteiger partial charge in [0.2, 0.25) is 0 Å². The van der Waals surface area contributed by atoms with E-state index in [4.69, 9.17) is 15.2 Å². The Morgan fingerprint density at radius 1 is 1.16 bits per heavy atom. The number of hydrogen-bond acceptors (Lipinski definition) is 6. The number of hydrogen-bond donors (Lipinski definition) is 2. The Kier molecular flexibility index (Phi) is 7.87. The first-order valence-corrected chi connectivity index (χ1v) is 17.6. The van der Waals surface area contributed by atoms with Crippen LogP contribution in [0.2, 0.25) is 0 Å². The molecule has 2 aliphatic heterocycles. The monoisotopic (exact) mass is 611 g/mol. The summed E-state index contributed by atoms with van der Waals surface area (Å²) in [6.45, 7) is 4.90. The number of aliphatic hydroxyl groups is 1. The van der Waals surface area contributed by atoms with Crippen LogP contribution in [-0.4, -0.2) is 23.6 Å². The second-order valence-corrected chi connectivity index (χ2v) is 14.6. The number of benzene rings is 1. The van der Waals surface area contributed by atoms with Crippen LogP contribution >= 0.6 is 0 Å². The maximum atomic E-state index is 14.2. The van der Waals surface area contributed by atoms with Crippen LogP contribution in [0.3, 0.4) is 0 Å². The van der Waals surface area contributed by atoms with Crippen LogP contribution < -0.4 is 5.73 Å². The van der Waals surface area contributed by atoms with Gasteiger partial charge in [-0.25, -0.2) is 4.79 Å². The lowest BCUT2D eigenvalue weighted by atomic mass is 9.31. The third kappa shape index (κ3) is 4.16. The summed E-state index contributed by atoms with van der Waals surface area (Å²) in [5, 5.41) is 11.9. The standard InChI is InChI=1S/C39H49NO5/c1-3-25(2)24-32-37-21-6-7-22-38(37,39(32)30-19-9-16-28(17-11-23-40)33(30)35(42)45-39)34(44-36(37)43)31(41)20-10-15-27-14-8-13-26-12-4-5-18-29(26)27/h4-6,9,12,16,18-19,21,25-27,29,32,41H,3,7-8,10-11,13-15,17,20,22-24,40H2,1-2H3. The van der Waals surface area contributed by atoms with Crippen LogP contribution in [0.5, 0.6) is 0 Å². The number of carbonyl (C=O) groups excluding carboxylic acids is 2. The third-order valence-corrected chi connectivity index (χ3v) is 12.6. The fraction of sp³-hybridized carbons (Fsp3) is 0.590. The Bertz CT molecular complexity index is 1490. The molecule has 240 valence electrons. The molecule has 0 amide bonds. The number of allylic oxidation sites excluding steroid dienone is 6. The summed E-state index contributed by atoms with van der Waals surface area (Å²) in [6, 6.07) is 6.04. The SMILES string of the molecule is CCC(C)CC1C23C=CCCC2(C(=C(O)CCCC2CCCC4C=CC=CC42)OC3=O)C12OC(=O)c1c(CCCN)cccc12. The predicted octanol–water partition coefficient (Wildman–Crippen LogP) is 7.99. The number of nitrogens with two attached hydrogens (primary N) is 1. The van der Waals surface area contributed by atoms with Gasteiger partial charge in [-0.15, -0.1) is 0 Å². The molecule has 6 aliphatic rings. The number of aryl methyl sites for hydroxylation is 1. The van der Waals surface area contributed by atoms with Crippen LogP contribution in [0.25, 0.3) is 0 Å². The summed E-state index contributed by atoms with van der Waals surface area (Å²) in [5.41, 5.74) is 5.28. The van der Waals surface area contributed by atoms with Crippen molar-refractivity contribution < 1.29 is 24.2 Å². The maximum absolute atomic E-state index is 14.2. The van der Waals surface area contributed by atoms with Crippen LogP contribution in [0.15, 0.2) is 66.2 Å². The number of rotatable bonds is 10. The topological polar surface area (TPSA) is 98.9 Å². The Morgan fingerprint density at radius 3 is 2.82 bits per heavy atom. The highest BCUT2D eigenvalue weighted by Gasteiger charge is 2.91. The van der Waals surface area contributed by atoms with E-state index >= 15 is 0 Å². The largest absolute Gasteiger partial charge is 0.509 e. The van der Waals surface area contributed by atoms with E-state index < -0.39 is 16.4 Å². The summed E-state index contributed by atoms with van der Waals surface area (Å²) in [6.07, 6.45) is 23.7. The van der Waals surface area contributed by atoms with Crippen LogP contribution in [0, 0.1) is 40.4 Å². The Morgan fingerprint density at radius 2 is 2.00 bits per heavy atom. The van der Waals surface area contributed by atoms with Crippen molar-refractivity contribution in [3.63, 3.8) is 0 Å². The average Bonchev–Trinajstić information content (AvgIpc) is 3.52. The van der Waals surface area contributed by atoms with Gasteiger partial charge in [0, 0.05) is 17.9 Å². The van der Waals surface area contributed by atoms with Gasteiger partial charge < -0.3 is 20.3 Å². The molecule has 6 heteroatoms. The fourth-order valence-corrected chi connectivity index (χ4v) is 10.4. The van der Waals surface area contributed by atoms with E-state index in [1.54, 1.807) is 0 Å². The molecule has 0 radical (unpaired) electrons. The van der Waals surface area contributed by atoms with Gasteiger partial charge in [-0.2, -0.15) is 0 Å². The van der Waals surface area contributed by atoms with Crippen molar-refractivity contribution in [3.05, 3.63) is 82.9 Å². The van der Waals surface area contributed by atoms with Gasteiger partial charge in [-0.3, -0.25) is 4.79 Å². The molecule has 0 aromatic heterocycles. The van der Waals surface area contributed by atoms with Crippen molar-refractivity contribution in [3.8, 4) is 0 Å². The van der Waals surface area contributed by atoms with Gasteiger partial charge in [0.05, 0.1) is 11.0 Å². The van der Waals surface area contributed by atoms with Crippen molar-refractivity contribution >= 4 is 11.9 Å². The maximum Gasteiger partial charge on any atom is 0.339 e. The molecule has 45 heavy (non-hydrogen) atoms. The normalized spacial score (nSPS) is 37.3. The highest BCUT2D eigenvalue weighted by Crippen LogP contribution is 2.84. The lowest BCUT2D eigenvalue weighted by Crippen LogP contribution is -2.75. The number of esters is 2. The first kappa shape index (κ1) is 30.5. The average molecular weight is 612 g/mol. The summed E-state index contributed by atoms with van der Waals surface area (Å²) in [4.78, 5) is 28.2. The molecule has 1 aromatic rings. The fourth-order valence-electron chi connectivity index (χ4n) is 10.4. The highest BCUT2D eigenvalue weighted by atomic mass is 16.6. The predicted molar refractivity (Wildman–Crippen MR) is 174 cm³/mol. The Balaban J connectivity index is 1.29. The van der Waals surface area contributed by atoms with E-state index in [0.717, 1.165) is 49.7 Å². The second kappa shape index (κ2) is 11.6. The molecule has 3 N–H and O–H groups in total. The number of ether oxygens (including phenoxy) is 2. The molecule has 3 fully saturated rings. The molecule has 2 heterocycles. The number of fused-ring (bicyclic) bond motifs is 3. The number of carbonyl (C=O) groups is 2. The molecule has 2 saturated carbocycles. The van der Waals surface area contributed by atoms with E-state index in [9.17, 15) is 14.7 Å². The highest BCUT2D eigenvalue weighted by molar-refractivity contribution is 5.99. The minimum absolute atomic E-state index is 0.150. The van der Waals surface area contributed by atoms with E-state index in [-0.39, 0.29) is 23.6 Å².